The van der Waals surface area contributed by atoms with Gasteiger partial charge in [0, 0.05) is 0 Å². The molecule has 3 saturated carbocycles. The van der Waals surface area contributed by atoms with Crippen LogP contribution in [0.25, 0.3) is 0 Å². The topological polar surface area (TPSA) is 128 Å². The Morgan fingerprint density at radius 2 is 1.85 bits per heavy atom. The molecule has 4 rings (SSSR count). The SMILES string of the molecule is C[C@H](O)[C@@H](NC(=O)CON=C1C=C2CC[C@@H]3[C@H](CC[C@@]4(C)[C@H]3CC[C@]4(C)O)[C@@]2(C)CC1)C(=O)O. The molecule has 0 bridgehead atoms. The second-order valence-corrected chi connectivity index (χ2v) is 11.8. The van der Waals surface area contributed by atoms with Gasteiger partial charge in [-0.05, 0) is 99.9 Å². The minimum Gasteiger partial charge on any atom is -0.480 e. The van der Waals surface area contributed by atoms with Crippen LogP contribution in [0.1, 0.15) is 79.1 Å². The lowest BCUT2D eigenvalue weighted by Gasteiger charge is -2.59. The summed E-state index contributed by atoms with van der Waals surface area (Å²) in [7, 11) is 0. The molecular weight excluding hydrogens is 436 g/mol. The van der Waals surface area contributed by atoms with E-state index in [0.717, 1.165) is 57.1 Å². The summed E-state index contributed by atoms with van der Waals surface area (Å²) in [5, 5.41) is 36.0. The van der Waals surface area contributed by atoms with Gasteiger partial charge < -0.3 is 25.5 Å². The number of aliphatic hydroxyl groups is 2. The predicted molar refractivity (Wildman–Crippen MR) is 127 cm³/mol. The van der Waals surface area contributed by atoms with Crippen LogP contribution in [0.3, 0.4) is 0 Å². The average Bonchev–Trinajstić information content (AvgIpc) is 3.00. The Bertz CT molecular complexity index is 896. The Kier molecular flexibility index (Phi) is 6.62. The van der Waals surface area contributed by atoms with Gasteiger partial charge in [-0.2, -0.15) is 0 Å². The van der Waals surface area contributed by atoms with Crippen LogP contribution >= 0.6 is 0 Å². The van der Waals surface area contributed by atoms with Gasteiger partial charge in [-0.25, -0.2) is 4.79 Å². The number of carboxylic acid groups (broad SMARTS) is 1. The molecule has 0 aliphatic heterocycles. The van der Waals surface area contributed by atoms with Crippen molar-refractivity contribution < 1.29 is 29.7 Å². The van der Waals surface area contributed by atoms with E-state index in [9.17, 15) is 19.8 Å². The van der Waals surface area contributed by atoms with Gasteiger partial charge in [0.15, 0.2) is 12.6 Å². The maximum Gasteiger partial charge on any atom is 0.328 e. The molecule has 4 N–H and O–H groups in total. The number of hydrogen-bond donors (Lipinski definition) is 4. The molecule has 0 radical (unpaired) electrons. The smallest absolute Gasteiger partial charge is 0.328 e. The number of nitrogens with one attached hydrogen (secondary N) is 1. The highest BCUT2D eigenvalue weighted by Gasteiger charge is 2.62. The number of oxime groups is 1. The molecule has 0 aromatic carbocycles. The third kappa shape index (κ3) is 4.17. The summed E-state index contributed by atoms with van der Waals surface area (Å²) < 4.78 is 0. The molecule has 8 nitrogen and oxygen atoms in total. The number of hydrogen-bond acceptors (Lipinski definition) is 6. The molecule has 8 heteroatoms. The third-order valence-corrected chi connectivity index (χ3v) is 9.98. The van der Waals surface area contributed by atoms with Crippen LogP contribution in [0.5, 0.6) is 0 Å². The molecule has 0 aromatic heterocycles. The van der Waals surface area contributed by atoms with E-state index in [0.29, 0.717) is 17.8 Å². The van der Waals surface area contributed by atoms with Crippen molar-refractivity contribution in [3.8, 4) is 0 Å². The first-order chi connectivity index (χ1) is 15.9. The van der Waals surface area contributed by atoms with Crippen molar-refractivity contribution >= 4 is 17.6 Å². The lowest BCUT2D eigenvalue weighted by molar-refractivity contribution is -0.145. The first kappa shape index (κ1) is 25.2. The van der Waals surface area contributed by atoms with Gasteiger partial charge in [0.2, 0.25) is 0 Å². The van der Waals surface area contributed by atoms with Crippen LogP contribution in [-0.2, 0) is 14.4 Å². The minimum absolute atomic E-state index is 0.0227. The maximum absolute atomic E-state index is 12.0. The Morgan fingerprint density at radius 3 is 2.53 bits per heavy atom. The number of carbonyl (C=O) groups excluding carboxylic acids is 1. The molecule has 190 valence electrons. The Hall–Kier alpha value is -1.93. The normalized spacial score (nSPS) is 42.0. The molecular formula is C26H40N2O6. The number of amides is 1. The van der Waals surface area contributed by atoms with Gasteiger partial charge in [0.1, 0.15) is 0 Å². The Balaban J connectivity index is 1.40. The van der Waals surface area contributed by atoms with Crippen LogP contribution < -0.4 is 5.32 Å². The number of rotatable bonds is 6. The number of carbonyl (C=O) groups is 2. The average molecular weight is 477 g/mol. The third-order valence-electron chi connectivity index (χ3n) is 9.98. The van der Waals surface area contributed by atoms with Gasteiger partial charge in [0.25, 0.3) is 5.91 Å². The predicted octanol–water partition coefficient (Wildman–Crippen LogP) is 3.02. The fraction of sp³-hybridized carbons (Fsp3) is 0.808. The summed E-state index contributed by atoms with van der Waals surface area (Å²) in [6, 6.07) is -1.38. The molecule has 0 heterocycles. The summed E-state index contributed by atoms with van der Waals surface area (Å²) in [4.78, 5) is 28.3. The maximum atomic E-state index is 12.0. The van der Waals surface area contributed by atoms with Crippen molar-refractivity contribution in [3.05, 3.63) is 11.6 Å². The van der Waals surface area contributed by atoms with E-state index in [1.807, 2.05) is 6.92 Å². The van der Waals surface area contributed by atoms with E-state index >= 15 is 0 Å². The van der Waals surface area contributed by atoms with Gasteiger partial charge in [-0.3, -0.25) is 4.79 Å². The van der Waals surface area contributed by atoms with Crippen molar-refractivity contribution in [2.24, 2.45) is 33.7 Å². The largest absolute Gasteiger partial charge is 0.480 e. The Morgan fingerprint density at radius 1 is 1.15 bits per heavy atom. The fourth-order valence-corrected chi connectivity index (χ4v) is 7.66. The fourth-order valence-electron chi connectivity index (χ4n) is 7.66. The molecule has 34 heavy (non-hydrogen) atoms. The molecule has 4 aliphatic carbocycles. The number of carboxylic acids is 1. The zero-order valence-corrected chi connectivity index (χ0v) is 20.8. The van der Waals surface area contributed by atoms with Gasteiger partial charge in [0.05, 0.1) is 17.4 Å². The van der Waals surface area contributed by atoms with E-state index in [4.69, 9.17) is 9.94 Å². The second-order valence-electron chi connectivity index (χ2n) is 11.8. The number of fused-ring (bicyclic) bond motifs is 5. The molecule has 8 atom stereocenters. The zero-order valence-electron chi connectivity index (χ0n) is 20.8. The molecule has 1 amide bonds. The van der Waals surface area contributed by atoms with Crippen LogP contribution in [-0.4, -0.2) is 57.3 Å². The second kappa shape index (κ2) is 8.94. The van der Waals surface area contributed by atoms with E-state index in [2.05, 4.69) is 30.4 Å². The highest BCUT2D eigenvalue weighted by Crippen LogP contribution is 2.67. The van der Waals surface area contributed by atoms with Gasteiger partial charge in [-0.1, -0.05) is 24.6 Å². The summed E-state index contributed by atoms with van der Waals surface area (Å²) in [6.07, 6.45) is 9.14. The first-order valence-electron chi connectivity index (χ1n) is 12.7. The van der Waals surface area contributed by atoms with Gasteiger partial charge in [-0.15, -0.1) is 0 Å². The van der Waals surface area contributed by atoms with E-state index in [-0.39, 0.29) is 10.8 Å². The summed E-state index contributed by atoms with van der Waals surface area (Å²) in [5.74, 6) is -0.0617. The van der Waals surface area contributed by atoms with Crippen LogP contribution in [0, 0.1) is 28.6 Å². The van der Waals surface area contributed by atoms with Crippen LogP contribution in [0.4, 0.5) is 0 Å². The summed E-state index contributed by atoms with van der Waals surface area (Å²) >= 11 is 0. The Labute approximate surface area is 201 Å². The quantitative estimate of drug-likeness (QED) is 0.436. The van der Waals surface area contributed by atoms with E-state index in [1.54, 1.807) is 0 Å². The molecule has 0 saturated heterocycles. The zero-order chi connectivity index (χ0) is 24.9. The summed E-state index contributed by atoms with van der Waals surface area (Å²) in [6.45, 7) is 7.67. The highest BCUT2D eigenvalue weighted by molar-refractivity contribution is 5.96. The molecule has 4 aliphatic rings. The number of nitrogens with zero attached hydrogens (tertiary/aromatic N) is 1. The van der Waals surface area contributed by atoms with E-state index < -0.39 is 36.2 Å². The van der Waals surface area contributed by atoms with Crippen LogP contribution in [0.2, 0.25) is 0 Å². The molecule has 0 unspecified atom stereocenters. The van der Waals surface area contributed by atoms with Crippen molar-refractivity contribution in [2.75, 3.05) is 6.61 Å². The van der Waals surface area contributed by atoms with Crippen molar-refractivity contribution in [1.82, 2.24) is 5.32 Å². The van der Waals surface area contributed by atoms with Crippen LogP contribution in [0.15, 0.2) is 16.8 Å². The number of aliphatic hydroxyl groups excluding tert-OH is 1. The summed E-state index contributed by atoms with van der Waals surface area (Å²) in [5.41, 5.74) is 1.83. The number of allylic oxidation sites excluding steroid dienone is 2. The van der Waals surface area contributed by atoms with Crippen molar-refractivity contribution in [2.45, 2.75) is 96.8 Å². The lowest BCUT2D eigenvalue weighted by atomic mass is 9.46. The van der Waals surface area contributed by atoms with Gasteiger partial charge >= 0.3 is 5.97 Å². The lowest BCUT2D eigenvalue weighted by Crippen LogP contribution is -2.53. The number of aliphatic carboxylic acids is 1. The molecule has 3 fully saturated rings. The molecule has 0 spiro atoms. The first-order valence-corrected chi connectivity index (χ1v) is 12.7. The monoisotopic (exact) mass is 476 g/mol. The van der Waals surface area contributed by atoms with Crippen molar-refractivity contribution in [3.63, 3.8) is 0 Å². The standard InChI is InChI=1S/C26H40N2O6/c1-15(29)22(23(31)32)27-21(30)14-34-28-17-7-10-24(2)16(13-17)5-6-18-19(24)8-11-25(3)20(18)9-12-26(25,4)33/h13,15,18-20,22,29,33H,5-12,14H2,1-4H3,(H,27,30)(H,31,32)/t15-,18+,19-,20-,22+,24-,25-,26-/m0/s1. The van der Waals surface area contributed by atoms with E-state index in [1.165, 1.54) is 12.5 Å². The highest BCUT2D eigenvalue weighted by atomic mass is 16.6. The minimum atomic E-state index is -1.38. The van der Waals surface area contributed by atoms with Crippen molar-refractivity contribution in [1.29, 1.82) is 0 Å². The molecule has 0 aromatic rings.